The minimum Gasteiger partial charge on any atom is -0.376 e. The van der Waals surface area contributed by atoms with Crippen molar-refractivity contribution in [2.75, 3.05) is 18.5 Å². The van der Waals surface area contributed by atoms with Crippen molar-refractivity contribution in [3.05, 3.63) is 23.4 Å². The van der Waals surface area contributed by atoms with Crippen LogP contribution in [0.25, 0.3) is 0 Å². The molecule has 1 aliphatic rings. The van der Waals surface area contributed by atoms with E-state index in [2.05, 4.69) is 16.4 Å². The van der Waals surface area contributed by atoms with Gasteiger partial charge in [0.05, 0.1) is 24.3 Å². The third-order valence-corrected chi connectivity index (χ3v) is 3.40. The Bertz CT molecular complexity index is 447. The van der Waals surface area contributed by atoms with Crippen LogP contribution >= 0.6 is 0 Å². The summed E-state index contributed by atoms with van der Waals surface area (Å²) in [6, 6.07) is 5.69. The molecule has 19 heavy (non-hydrogen) atoms. The number of anilines is 1. The Morgan fingerprint density at radius 2 is 2.16 bits per heavy atom. The lowest BCUT2D eigenvalue weighted by Crippen LogP contribution is -2.20. The topological polar surface area (TPSA) is 57.9 Å². The first-order valence-corrected chi connectivity index (χ1v) is 7.02. The Morgan fingerprint density at radius 3 is 2.89 bits per heavy atom. The summed E-state index contributed by atoms with van der Waals surface area (Å²) in [5, 5.41) is 12.1. The molecule has 0 radical (unpaired) electrons. The average Bonchev–Trinajstić information content (AvgIpc) is 2.44. The molecule has 1 aromatic rings. The summed E-state index contributed by atoms with van der Waals surface area (Å²) in [6.07, 6.45) is 6.77. The monoisotopic (exact) mass is 259 g/mol. The number of nitriles is 1. The van der Waals surface area contributed by atoms with Gasteiger partial charge in [0.2, 0.25) is 0 Å². The lowest BCUT2D eigenvalue weighted by Gasteiger charge is -2.22. The number of rotatable bonds is 5. The molecule has 0 unspecified atom stereocenters. The summed E-state index contributed by atoms with van der Waals surface area (Å²) >= 11 is 0. The van der Waals surface area contributed by atoms with E-state index in [4.69, 9.17) is 10.00 Å². The molecule has 0 spiro atoms. The van der Waals surface area contributed by atoms with E-state index in [1.54, 1.807) is 12.1 Å². The van der Waals surface area contributed by atoms with Gasteiger partial charge in [0.1, 0.15) is 5.82 Å². The Hall–Kier alpha value is -1.60. The number of nitrogens with zero attached hydrogens (tertiary/aromatic N) is 2. The van der Waals surface area contributed by atoms with Crippen molar-refractivity contribution in [3.63, 3.8) is 0 Å². The quantitative estimate of drug-likeness (QED) is 0.826. The molecule has 1 aromatic heterocycles. The van der Waals surface area contributed by atoms with Gasteiger partial charge >= 0.3 is 0 Å². The zero-order chi connectivity index (χ0) is 13.5. The predicted molar refractivity (Wildman–Crippen MR) is 75.0 cm³/mol. The van der Waals surface area contributed by atoms with E-state index < -0.39 is 0 Å². The van der Waals surface area contributed by atoms with Crippen molar-refractivity contribution in [1.82, 2.24) is 4.98 Å². The summed E-state index contributed by atoms with van der Waals surface area (Å²) in [6.45, 7) is 3.32. The van der Waals surface area contributed by atoms with Crippen molar-refractivity contribution >= 4 is 5.82 Å². The molecule has 1 saturated carbocycles. The van der Waals surface area contributed by atoms with Crippen molar-refractivity contribution in [2.45, 2.75) is 45.1 Å². The molecular weight excluding hydrogens is 238 g/mol. The molecule has 0 aliphatic heterocycles. The SMILES string of the molecule is Cc1cc(C#N)cc(NCCOC2CCCCC2)n1. The highest BCUT2D eigenvalue weighted by Gasteiger charge is 2.12. The van der Waals surface area contributed by atoms with E-state index in [0.29, 0.717) is 18.3 Å². The van der Waals surface area contributed by atoms with Crippen LogP contribution in [-0.2, 0) is 4.74 Å². The van der Waals surface area contributed by atoms with E-state index in [0.717, 1.165) is 18.1 Å². The van der Waals surface area contributed by atoms with Crippen molar-refractivity contribution in [1.29, 1.82) is 5.26 Å². The third-order valence-electron chi connectivity index (χ3n) is 3.40. The van der Waals surface area contributed by atoms with E-state index in [9.17, 15) is 0 Å². The van der Waals surface area contributed by atoms with Crippen LogP contribution in [-0.4, -0.2) is 24.2 Å². The molecule has 4 heteroatoms. The van der Waals surface area contributed by atoms with Crippen LogP contribution in [0.1, 0.15) is 43.4 Å². The summed E-state index contributed by atoms with van der Waals surface area (Å²) in [7, 11) is 0. The van der Waals surface area contributed by atoms with Gasteiger partial charge in [-0.25, -0.2) is 4.98 Å². The third kappa shape index (κ3) is 4.53. The van der Waals surface area contributed by atoms with Crippen LogP contribution in [0, 0.1) is 18.3 Å². The lowest BCUT2D eigenvalue weighted by atomic mass is 9.98. The second-order valence-electron chi connectivity index (χ2n) is 5.05. The van der Waals surface area contributed by atoms with E-state index in [1.165, 1.54) is 32.1 Å². The molecule has 0 amide bonds. The first-order valence-electron chi connectivity index (χ1n) is 7.02. The van der Waals surface area contributed by atoms with Crippen molar-refractivity contribution in [3.8, 4) is 6.07 Å². The van der Waals surface area contributed by atoms with Gasteiger partial charge in [-0.15, -0.1) is 0 Å². The van der Waals surface area contributed by atoms with Crippen LogP contribution in [0.2, 0.25) is 0 Å². The molecule has 1 heterocycles. The fourth-order valence-corrected chi connectivity index (χ4v) is 2.46. The Kier molecular flexibility index (Phi) is 5.17. The first-order chi connectivity index (χ1) is 9.28. The maximum Gasteiger partial charge on any atom is 0.127 e. The van der Waals surface area contributed by atoms with Crippen LogP contribution in [0.3, 0.4) is 0 Å². The van der Waals surface area contributed by atoms with E-state index in [-0.39, 0.29) is 0 Å². The minimum absolute atomic E-state index is 0.440. The number of nitrogens with one attached hydrogen (secondary N) is 1. The molecule has 2 rings (SSSR count). The molecular formula is C15H21N3O. The molecule has 0 atom stereocenters. The Morgan fingerprint density at radius 1 is 1.37 bits per heavy atom. The number of pyridine rings is 1. The number of ether oxygens (including phenoxy) is 1. The normalized spacial score (nSPS) is 16.0. The number of aromatic nitrogens is 1. The largest absolute Gasteiger partial charge is 0.376 e. The maximum absolute atomic E-state index is 8.90. The van der Waals surface area contributed by atoms with Crippen LogP contribution in [0.4, 0.5) is 5.82 Å². The van der Waals surface area contributed by atoms with E-state index >= 15 is 0 Å². The van der Waals surface area contributed by atoms with Gasteiger partial charge in [0.25, 0.3) is 0 Å². The highest BCUT2D eigenvalue weighted by molar-refractivity contribution is 5.44. The first kappa shape index (κ1) is 13.8. The molecule has 0 saturated heterocycles. The molecule has 1 fully saturated rings. The minimum atomic E-state index is 0.440. The highest BCUT2D eigenvalue weighted by Crippen LogP contribution is 2.20. The number of aryl methyl sites for hydroxylation is 1. The standard InChI is InChI=1S/C15H21N3O/c1-12-9-13(11-16)10-15(18-12)17-7-8-19-14-5-3-2-4-6-14/h9-10,14H,2-8H2,1H3,(H,17,18). The molecule has 1 aliphatic carbocycles. The molecule has 102 valence electrons. The van der Waals surface area contributed by atoms with Gasteiger partial charge < -0.3 is 10.1 Å². The van der Waals surface area contributed by atoms with Crippen LogP contribution in [0.5, 0.6) is 0 Å². The van der Waals surface area contributed by atoms with Gasteiger partial charge in [-0.3, -0.25) is 0 Å². The molecule has 0 bridgehead atoms. The summed E-state index contributed by atoms with van der Waals surface area (Å²) in [5.41, 5.74) is 1.50. The van der Waals surface area contributed by atoms with Gasteiger partial charge in [-0.2, -0.15) is 5.26 Å². The van der Waals surface area contributed by atoms with Crippen molar-refractivity contribution in [2.24, 2.45) is 0 Å². The van der Waals surface area contributed by atoms with Gasteiger partial charge in [-0.1, -0.05) is 19.3 Å². The molecule has 0 aromatic carbocycles. The maximum atomic E-state index is 8.90. The smallest absolute Gasteiger partial charge is 0.127 e. The van der Waals surface area contributed by atoms with Crippen molar-refractivity contribution < 1.29 is 4.74 Å². The fourth-order valence-electron chi connectivity index (χ4n) is 2.46. The lowest BCUT2D eigenvalue weighted by molar-refractivity contribution is 0.0347. The van der Waals surface area contributed by atoms with Gasteiger partial charge in [0, 0.05) is 12.2 Å². The van der Waals surface area contributed by atoms with Crippen LogP contribution < -0.4 is 5.32 Å². The second-order valence-corrected chi connectivity index (χ2v) is 5.05. The summed E-state index contributed by atoms with van der Waals surface area (Å²) < 4.78 is 5.84. The average molecular weight is 259 g/mol. The zero-order valence-corrected chi connectivity index (χ0v) is 11.5. The van der Waals surface area contributed by atoms with Gasteiger partial charge in [0.15, 0.2) is 0 Å². The zero-order valence-electron chi connectivity index (χ0n) is 11.5. The predicted octanol–water partition coefficient (Wildman–Crippen LogP) is 3.02. The van der Waals surface area contributed by atoms with E-state index in [1.807, 2.05) is 6.92 Å². The summed E-state index contributed by atoms with van der Waals surface area (Å²) in [5.74, 6) is 0.754. The Labute approximate surface area is 114 Å². The number of hydrogen-bond donors (Lipinski definition) is 1. The molecule has 1 N–H and O–H groups in total. The summed E-state index contributed by atoms with van der Waals surface area (Å²) in [4.78, 5) is 4.35. The van der Waals surface area contributed by atoms with Crippen LogP contribution in [0.15, 0.2) is 12.1 Å². The number of hydrogen-bond acceptors (Lipinski definition) is 4. The van der Waals surface area contributed by atoms with Gasteiger partial charge in [-0.05, 0) is 31.9 Å². The second kappa shape index (κ2) is 7.10. The molecule has 4 nitrogen and oxygen atoms in total. The fraction of sp³-hybridized carbons (Fsp3) is 0.600. The Balaban J connectivity index is 1.73. The highest BCUT2D eigenvalue weighted by atomic mass is 16.5.